The lowest BCUT2D eigenvalue weighted by molar-refractivity contribution is -0.386. The van der Waals surface area contributed by atoms with E-state index in [0.29, 0.717) is 19.3 Å². The van der Waals surface area contributed by atoms with Gasteiger partial charge in [0.1, 0.15) is 67.1 Å². The second-order valence-corrected chi connectivity index (χ2v) is 23.6. The average Bonchev–Trinajstić information content (AvgIpc) is 1.27. The van der Waals surface area contributed by atoms with Gasteiger partial charge in [0.25, 0.3) is 5.79 Å². The van der Waals surface area contributed by atoms with Gasteiger partial charge in [0.05, 0.1) is 50.7 Å². The molecule has 0 radical (unpaired) electrons. The van der Waals surface area contributed by atoms with E-state index in [0.717, 1.165) is 58.3 Å². The van der Waals surface area contributed by atoms with Crippen molar-refractivity contribution in [1.82, 2.24) is 10.6 Å². The zero-order valence-corrected chi connectivity index (χ0v) is 50.8. The van der Waals surface area contributed by atoms with Crippen LogP contribution in [0.3, 0.4) is 0 Å². The normalized spacial score (nSPS) is 29.8. The van der Waals surface area contributed by atoms with Crippen LogP contribution in [0, 0.1) is 0 Å². The van der Waals surface area contributed by atoms with Crippen LogP contribution < -0.4 is 10.6 Å². The molecule has 3 aliphatic heterocycles. The molecule has 0 saturated carbocycles. The van der Waals surface area contributed by atoms with Crippen molar-refractivity contribution in [3.05, 3.63) is 12.2 Å². The number of hydrogen-bond acceptors (Lipinski definition) is 20. The van der Waals surface area contributed by atoms with Gasteiger partial charge in [-0.1, -0.05) is 174 Å². The summed E-state index contributed by atoms with van der Waals surface area (Å²) in [6.07, 6.45) is 8.03. The molecular weight excluding hydrogens is 1100 g/mol. The molecule has 18 unspecified atom stereocenters. The molecule has 0 aromatic carbocycles. The van der Waals surface area contributed by atoms with Crippen LogP contribution in [0.25, 0.3) is 0 Å². The topological polar surface area (TPSA) is 373 Å². The Morgan fingerprint density at radius 2 is 1.11 bits per heavy atom. The Morgan fingerprint density at radius 1 is 0.607 bits per heavy atom. The van der Waals surface area contributed by atoms with E-state index < -0.39 is 148 Å². The Kier molecular flexibility index (Phi) is 38.9. The minimum atomic E-state index is -3.08. The van der Waals surface area contributed by atoms with Crippen LogP contribution in [0.5, 0.6) is 0 Å². The quantitative estimate of drug-likeness (QED) is 0.0303. The van der Waals surface area contributed by atoms with Crippen LogP contribution in [0.2, 0.25) is 0 Å². The van der Waals surface area contributed by atoms with Crippen LogP contribution in [0.1, 0.15) is 220 Å². The maximum Gasteiger partial charge on any atom is 0.364 e. The molecule has 492 valence electrons. The Bertz CT molecular complexity index is 1770. The third-order valence-electron chi connectivity index (χ3n) is 16.5. The minimum absolute atomic E-state index is 0.204. The van der Waals surface area contributed by atoms with Gasteiger partial charge in [0, 0.05) is 19.8 Å². The fourth-order valence-corrected chi connectivity index (χ4v) is 11.3. The number of carboxylic acids is 1. The van der Waals surface area contributed by atoms with Crippen molar-refractivity contribution in [2.45, 2.75) is 330 Å². The molecule has 14 N–H and O–H groups in total. The van der Waals surface area contributed by atoms with Crippen molar-refractivity contribution in [3.63, 3.8) is 0 Å². The predicted molar refractivity (Wildman–Crippen MR) is 311 cm³/mol. The number of carbonyl (C=O) groups is 3. The molecule has 0 aromatic heterocycles. The van der Waals surface area contributed by atoms with E-state index in [1.54, 1.807) is 0 Å². The lowest BCUT2D eigenvalue weighted by Gasteiger charge is -2.50. The minimum Gasteiger partial charge on any atom is -0.477 e. The average molecular weight is 1210 g/mol. The number of rotatable bonds is 47. The number of carbonyl (C=O) groups excluding carboxylic acids is 2. The Hall–Kier alpha value is -2.53. The molecule has 3 rings (SSSR count). The summed E-state index contributed by atoms with van der Waals surface area (Å²) < 4.78 is 34.8. The number of allylic oxidation sites excluding steroid dienone is 2. The van der Waals surface area contributed by atoms with E-state index in [1.165, 1.54) is 116 Å². The summed E-state index contributed by atoms with van der Waals surface area (Å²) in [5, 5.41) is 136. The molecule has 0 aliphatic carbocycles. The highest BCUT2D eigenvalue weighted by Gasteiger charge is 2.60. The van der Waals surface area contributed by atoms with Crippen molar-refractivity contribution in [2.24, 2.45) is 0 Å². The third-order valence-corrected chi connectivity index (χ3v) is 16.5. The van der Waals surface area contributed by atoms with Crippen molar-refractivity contribution >= 4 is 17.8 Å². The molecule has 84 heavy (non-hydrogen) atoms. The van der Waals surface area contributed by atoms with Gasteiger partial charge in [-0.25, -0.2) is 4.79 Å². The molecule has 2 amide bonds. The van der Waals surface area contributed by atoms with Crippen molar-refractivity contribution in [2.75, 3.05) is 26.4 Å². The predicted octanol–water partition coefficient (Wildman–Crippen LogP) is 3.95. The van der Waals surface area contributed by atoms with Crippen molar-refractivity contribution < 1.29 is 104 Å². The van der Waals surface area contributed by atoms with Crippen LogP contribution in [-0.2, 0) is 42.8 Å². The summed E-state index contributed by atoms with van der Waals surface area (Å²) in [5.74, 6) is -6.12. The van der Waals surface area contributed by atoms with Gasteiger partial charge in [0.2, 0.25) is 11.8 Å². The van der Waals surface area contributed by atoms with E-state index in [1.807, 2.05) is 0 Å². The monoisotopic (exact) mass is 1210 g/mol. The third kappa shape index (κ3) is 26.7. The first-order valence-electron chi connectivity index (χ1n) is 32.0. The lowest BCUT2D eigenvalue weighted by atomic mass is 9.88. The van der Waals surface area contributed by atoms with Gasteiger partial charge in [0.15, 0.2) is 12.6 Å². The Labute approximate surface area is 499 Å². The first-order valence-corrected chi connectivity index (χ1v) is 32.0. The number of amides is 2. The number of nitrogens with one attached hydrogen (secondary N) is 2. The SMILES string of the molecule is CCCCCCCC/C=C\CCCCCC(=O)NC(COC1OC(CO)C(OC2OC(CO)C(O)C(OC3(C(=O)O)CC(O)C(NC(C)=O)C(C(O)C(O)CO)O3)C2O)C(O)C1O)C(O)CCCCCCCCCCCCCCCCCCC. The molecular formula is C61H112N2O21. The van der Waals surface area contributed by atoms with Gasteiger partial charge in [-0.3, -0.25) is 9.59 Å². The summed E-state index contributed by atoms with van der Waals surface area (Å²) >= 11 is 0. The molecule has 23 nitrogen and oxygen atoms in total. The standard InChI is InChI=1S/C61H112N2O21/c1-4-6-8-10-12-14-16-18-19-20-21-23-24-26-28-30-32-34-43(68)42(63-48(71)35-33-31-29-27-25-22-17-15-13-11-9-7-5-2)40-79-58-53(75)52(74)55(47(39-66)81-58)82-59-54(76)57(51(73)46(38-65)80-59)84-61(60(77)78)36-44(69)49(62-41(3)67)56(83-61)50(72)45(70)37-64/h22,25,42-47,49-59,64-66,68-70,72-76H,4-21,23-24,26-40H2,1-3H3,(H,62,67)(H,63,71)(H,77,78)/b25-22-. The van der Waals surface area contributed by atoms with Crippen LogP contribution in [0.15, 0.2) is 12.2 Å². The lowest BCUT2D eigenvalue weighted by Crippen LogP contribution is -2.70. The molecule has 3 saturated heterocycles. The maximum absolute atomic E-state index is 13.4. The summed E-state index contributed by atoms with van der Waals surface area (Å²) in [4.78, 5) is 38.4. The molecule has 3 aliphatic rings. The van der Waals surface area contributed by atoms with Gasteiger partial charge in [-0.05, 0) is 38.5 Å². The van der Waals surface area contributed by atoms with Crippen molar-refractivity contribution in [3.8, 4) is 0 Å². The Balaban J connectivity index is 1.64. The summed E-state index contributed by atoms with van der Waals surface area (Å²) in [7, 11) is 0. The maximum atomic E-state index is 13.4. The van der Waals surface area contributed by atoms with Crippen LogP contribution in [0.4, 0.5) is 0 Å². The number of unbranched alkanes of at least 4 members (excludes halogenated alkanes) is 25. The summed E-state index contributed by atoms with van der Waals surface area (Å²) in [5.41, 5.74) is 0. The van der Waals surface area contributed by atoms with Crippen molar-refractivity contribution in [1.29, 1.82) is 0 Å². The first-order chi connectivity index (χ1) is 40.4. The number of hydrogen-bond donors (Lipinski definition) is 14. The van der Waals surface area contributed by atoms with E-state index in [4.69, 9.17) is 28.4 Å². The number of aliphatic carboxylic acids is 1. The van der Waals surface area contributed by atoms with Crippen LogP contribution >= 0.6 is 0 Å². The molecule has 0 spiro atoms. The van der Waals surface area contributed by atoms with Gasteiger partial charge >= 0.3 is 5.97 Å². The Morgan fingerprint density at radius 3 is 1.61 bits per heavy atom. The largest absolute Gasteiger partial charge is 0.477 e. The highest BCUT2D eigenvalue weighted by molar-refractivity contribution is 5.77. The summed E-state index contributed by atoms with van der Waals surface area (Å²) in [6, 6.07) is -2.53. The number of aliphatic hydroxyl groups is 11. The zero-order chi connectivity index (χ0) is 61.9. The molecule has 0 bridgehead atoms. The highest BCUT2D eigenvalue weighted by atomic mass is 16.8. The first kappa shape index (κ1) is 75.7. The van der Waals surface area contributed by atoms with Gasteiger partial charge < -0.3 is 100 Å². The van der Waals surface area contributed by atoms with E-state index >= 15 is 0 Å². The van der Waals surface area contributed by atoms with E-state index in [-0.39, 0.29) is 18.9 Å². The van der Waals surface area contributed by atoms with Gasteiger partial charge in [-0.2, -0.15) is 0 Å². The number of carboxylic acid groups (broad SMARTS) is 1. The number of ether oxygens (including phenoxy) is 6. The van der Waals surface area contributed by atoms with E-state index in [2.05, 4.69) is 36.6 Å². The second-order valence-electron chi connectivity index (χ2n) is 23.6. The summed E-state index contributed by atoms with van der Waals surface area (Å²) in [6.45, 7) is 2.16. The molecule has 0 aromatic rings. The number of aliphatic hydroxyl groups excluding tert-OH is 11. The van der Waals surface area contributed by atoms with Crippen LogP contribution in [-0.4, -0.2) is 215 Å². The highest BCUT2D eigenvalue weighted by Crippen LogP contribution is 2.38. The van der Waals surface area contributed by atoms with Gasteiger partial charge in [-0.15, -0.1) is 0 Å². The van der Waals surface area contributed by atoms with E-state index in [9.17, 15) is 75.7 Å². The smallest absolute Gasteiger partial charge is 0.364 e. The molecule has 3 fully saturated rings. The molecule has 18 atom stereocenters. The second kappa shape index (κ2) is 43.2. The molecule has 23 heteroatoms. The fraction of sp³-hybridized carbons (Fsp3) is 0.918. The fourth-order valence-electron chi connectivity index (χ4n) is 11.3. The zero-order valence-electron chi connectivity index (χ0n) is 50.8. The molecule has 3 heterocycles.